The van der Waals surface area contributed by atoms with E-state index < -0.39 is 11.7 Å². The zero-order valence-corrected chi connectivity index (χ0v) is 14.7. The molecule has 3 rings (SSSR count). The number of hydrazone groups is 1. The Hall–Kier alpha value is -2.34. The van der Waals surface area contributed by atoms with E-state index in [0.717, 1.165) is 25.7 Å². The first kappa shape index (κ1) is 18.5. The van der Waals surface area contributed by atoms with Crippen molar-refractivity contribution in [3.63, 3.8) is 0 Å². The first-order chi connectivity index (χ1) is 12.4. The van der Waals surface area contributed by atoms with Crippen molar-refractivity contribution in [1.29, 1.82) is 0 Å². The van der Waals surface area contributed by atoms with Crippen LogP contribution in [0.3, 0.4) is 0 Å². The standard InChI is InChI=1S/C20H22F3N3/c1-16-6-8-17(9-7-16)15-25-10-12-26(13-11-25)24-14-18-4-2-3-5-19(18)20(21,22)23/h2-9,14H,10-13,15H2,1H3/b24-14-. The van der Waals surface area contributed by atoms with E-state index in [-0.39, 0.29) is 5.56 Å². The number of hydrogen-bond acceptors (Lipinski definition) is 3. The largest absolute Gasteiger partial charge is 0.417 e. The molecule has 0 amide bonds. The molecule has 138 valence electrons. The van der Waals surface area contributed by atoms with Gasteiger partial charge in [0.2, 0.25) is 0 Å². The summed E-state index contributed by atoms with van der Waals surface area (Å²) in [6, 6.07) is 14.0. The molecule has 0 aliphatic carbocycles. The van der Waals surface area contributed by atoms with E-state index in [2.05, 4.69) is 41.2 Å². The lowest BCUT2D eigenvalue weighted by atomic mass is 10.1. The maximum atomic E-state index is 13.0. The summed E-state index contributed by atoms with van der Waals surface area (Å²) in [5, 5.41) is 6.09. The summed E-state index contributed by atoms with van der Waals surface area (Å²) in [6.45, 7) is 6.04. The van der Waals surface area contributed by atoms with Gasteiger partial charge in [0.1, 0.15) is 0 Å². The molecule has 0 aromatic heterocycles. The maximum absolute atomic E-state index is 13.0. The molecule has 0 unspecified atom stereocenters. The molecule has 1 heterocycles. The number of rotatable bonds is 4. The van der Waals surface area contributed by atoms with Gasteiger partial charge < -0.3 is 0 Å². The fraction of sp³-hybridized carbons (Fsp3) is 0.350. The molecule has 0 radical (unpaired) electrons. The van der Waals surface area contributed by atoms with Crippen LogP contribution in [0.4, 0.5) is 13.2 Å². The molecule has 0 spiro atoms. The van der Waals surface area contributed by atoms with Crippen LogP contribution in [0.5, 0.6) is 0 Å². The second kappa shape index (κ2) is 7.91. The van der Waals surface area contributed by atoms with Crippen LogP contribution in [0.15, 0.2) is 53.6 Å². The number of hydrogen-bond donors (Lipinski definition) is 0. The van der Waals surface area contributed by atoms with E-state index in [1.165, 1.54) is 29.5 Å². The summed E-state index contributed by atoms with van der Waals surface area (Å²) in [7, 11) is 0. The van der Waals surface area contributed by atoms with E-state index in [9.17, 15) is 13.2 Å². The van der Waals surface area contributed by atoms with Crippen molar-refractivity contribution in [2.24, 2.45) is 5.10 Å². The SMILES string of the molecule is Cc1ccc(CN2CCN(/N=C\c3ccccc3C(F)(F)F)CC2)cc1. The molecule has 2 aromatic rings. The Balaban J connectivity index is 1.56. The molecular formula is C20H22F3N3. The van der Waals surface area contributed by atoms with E-state index in [1.807, 2.05) is 5.01 Å². The summed E-state index contributed by atoms with van der Waals surface area (Å²) in [5.74, 6) is 0. The van der Waals surface area contributed by atoms with E-state index in [1.54, 1.807) is 6.07 Å². The van der Waals surface area contributed by atoms with Gasteiger partial charge in [0.25, 0.3) is 0 Å². The number of benzene rings is 2. The third-order valence-corrected chi connectivity index (χ3v) is 4.50. The zero-order chi connectivity index (χ0) is 18.6. The second-order valence-electron chi connectivity index (χ2n) is 6.54. The predicted molar refractivity (Wildman–Crippen MR) is 97.1 cm³/mol. The van der Waals surface area contributed by atoms with Gasteiger partial charge in [0.15, 0.2) is 0 Å². The van der Waals surface area contributed by atoms with Crippen molar-refractivity contribution in [2.45, 2.75) is 19.6 Å². The van der Waals surface area contributed by atoms with Crippen LogP contribution in [0, 0.1) is 6.92 Å². The third kappa shape index (κ3) is 4.85. The van der Waals surface area contributed by atoms with E-state index in [0.29, 0.717) is 13.1 Å². The Bertz CT molecular complexity index is 746. The quantitative estimate of drug-likeness (QED) is 0.762. The average molecular weight is 361 g/mol. The predicted octanol–water partition coefficient (Wildman–Crippen LogP) is 4.17. The van der Waals surface area contributed by atoms with Crippen LogP contribution in [0.25, 0.3) is 0 Å². The lowest BCUT2D eigenvalue weighted by molar-refractivity contribution is -0.137. The molecule has 1 aliphatic heterocycles. The molecule has 3 nitrogen and oxygen atoms in total. The van der Waals surface area contributed by atoms with Crippen molar-refractivity contribution in [3.05, 3.63) is 70.8 Å². The van der Waals surface area contributed by atoms with Gasteiger partial charge in [-0.2, -0.15) is 18.3 Å². The van der Waals surface area contributed by atoms with Gasteiger partial charge in [0, 0.05) is 38.3 Å². The normalized spacial score (nSPS) is 16.4. The van der Waals surface area contributed by atoms with Crippen molar-refractivity contribution in [3.8, 4) is 0 Å². The zero-order valence-electron chi connectivity index (χ0n) is 14.7. The van der Waals surface area contributed by atoms with Crippen molar-refractivity contribution in [1.82, 2.24) is 9.91 Å². The highest BCUT2D eigenvalue weighted by atomic mass is 19.4. The van der Waals surface area contributed by atoms with Crippen LogP contribution >= 0.6 is 0 Å². The molecule has 2 aromatic carbocycles. The lowest BCUT2D eigenvalue weighted by Crippen LogP contribution is -2.43. The van der Waals surface area contributed by atoms with Crippen LogP contribution < -0.4 is 0 Å². The first-order valence-electron chi connectivity index (χ1n) is 8.65. The molecule has 0 bridgehead atoms. The minimum absolute atomic E-state index is 0.0992. The number of alkyl halides is 3. The Labute approximate surface area is 151 Å². The molecule has 1 fully saturated rings. The van der Waals surface area contributed by atoms with Crippen molar-refractivity contribution in [2.75, 3.05) is 26.2 Å². The van der Waals surface area contributed by atoms with E-state index >= 15 is 0 Å². The molecule has 6 heteroatoms. The molecule has 0 saturated carbocycles. The van der Waals surface area contributed by atoms with Gasteiger partial charge in [-0.15, -0.1) is 0 Å². The molecule has 0 atom stereocenters. The molecule has 26 heavy (non-hydrogen) atoms. The fourth-order valence-electron chi connectivity index (χ4n) is 2.97. The maximum Gasteiger partial charge on any atom is 0.417 e. The highest BCUT2D eigenvalue weighted by Gasteiger charge is 2.32. The monoisotopic (exact) mass is 361 g/mol. The molecule has 1 saturated heterocycles. The Kier molecular flexibility index (Phi) is 5.61. The summed E-state index contributed by atoms with van der Waals surface area (Å²) in [5.41, 5.74) is 1.96. The van der Waals surface area contributed by atoms with Crippen LogP contribution in [-0.4, -0.2) is 42.3 Å². The smallest absolute Gasteiger partial charge is 0.295 e. The van der Waals surface area contributed by atoms with E-state index in [4.69, 9.17) is 0 Å². The summed E-state index contributed by atoms with van der Waals surface area (Å²) in [4.78, 5) is 2.33. The van der Waals surface area contributed by atoms with Crippen molar-refractivity contribution >= 4 is 6.21 Å². The van der Waals surface area contributed by atoms with Gasteiger partial charge in [-0.05, 0) is 18.6 Å². The van der Waals surface area contributed by atoms with Gasteiger partial charge in [-0.3, -0.25) is 9.91 Å². The number of nitrogens with zero attached hydrogens (tertiary/aromatic N) is 3. The highest BCUT2D eigenvalue weighted by Crippen LogP contribution is 2.31. The van der Waals surface area contributed by atoms with Crippen LogP contribution in [0.2, 0.25) is 0 Å². The van der Waals surface area contributed by atoms with Crippen LogP contribution in [-0.2, 0) is 12.7 Å². The minimum atomic E-state index is -4.37. The van der Waals surface area contributed by atoms with Crippen LogP contribution in [0.1, 0.15) is 22.3 Å². The highest BCUT2D eigenvalue weighted by molar-refractivity contribution is 5.81. The Morgan fingerprint density at radius 1 is 0.962 bits per heavy atom. The average Bonchev–Trinajstić information content (AvgIpc) is 2.62. The van der Waals surface area contributed by atoms with Gasteiger partial charge in [0.05, 0.1) is 11.8 Å². The molecule has 0 N–H and O–H groups in total. The second-order valence-corrected chi connectivity index (χ2v) is 6.54. The number of aryl methyl sites for hydroxylation is 1. The molecular weight excluding hydrogens is 339 g/mol. The Morgan fingerprint density at radius 2 is 1.62 bits per heavy atom. The fourth-order valence-corrected chi connectivity index (χ4v) is 2.97. The summed E-state index contributed by atoms with van der Waals surface area (Å²) >= 11 is 0. The minimum Gasteiger partial charge on any atom is -0.295 e. The third-order valence-electron chi connectivity index (χ3n) is 4.50. The van der Waals surface area contributed by atoms with Gasteiger partial charge >= 0.3 is 6.18 Å². The summed E-state index contributed by atoms with van der Waals surface area (Å²) in [6.07, 6.45) is -3.05. The van der Waals surface area contributed by atoms with Crippen molar-refractivity contribution < 1.29 is 13.2 Å². The lowest BCUT2D eigenvalue weighted by Gasteiger charge is -2.33. The molecule has 1 aliphatic rings. The van der Waals surface area contributed by atoms with Gasteiger partial charge in [-0.25, -0.2) is 0 Å². The topological polar surface area (TPSA) is 18.8 Å². The van der Waals surface area contributed by atoms with Gasteiger partial charge in [-0.1, -0.05) is 48.0 Å². The number of piperazine rings is 1. The first-order valence-corrected chi connectivity index (χ1v) is 8.65. The number of halogens is 3. The Morgan fingerprint density at radius 3 is 2.27 bits per heavy atom. The summed E-state index contributed by atoms with van der Waals surface area (Å²) < 4.78 is 39.0.